The standard InChI is InChI=1S/C30H22N2O2P2S/c33-35(23-13-5-1-6-14-23,24-15-7-2-8-16-24)29-21-27-28(32-37-31-27)22-30(29)36(34,25-17-9-3-10-18-25)26-19-11-4-12-20-26/h1-22H. The van der Waals surface area contributed by atoms with E-state index in [0.29, 0.717) is 42.9 Å². The molecule has 0 atom stereocenters. The molecule has 7 heteroatoms. The summed E-state index contributed by atoms with van der Waals surface area (Å²) in [5, 5.41) is 3.77. The predicted molar refractivity (Wildman–Crippen MR) is 156 cm³/mol. The Balaban J connectivity index is 1.77. The minimum atomic E-state index is -3.47. The third-order valence-electron chi connectivity index (χ3n) is 6.51. The van der Waals surface area contributed by atoms with Crippen LogP contribution in [0.15, 0.2) is 133 Å². The number of hydrogen-bond donors (Lipinski definition) is 0. The molecule has 0 N–H and O–H groups in total. The molecule has 6 rings (SSSR count). The molecule has 5 aromatic carbocycles. The zero-order valence-corrected chi connectivity index (χ0v) is 22.3. The molecule has 1 aromatic heterocycles. The Kier molecular flexibility index (Phi) is 6.22. The van der Waals surface area contributed by atoms with E-state index in [0.717, 1.165) is 11.7 Å². The fourth-order valence-corrected chi connectivity index (χ4v) is 11.5. The number of aromatic nitrogens is 2. The molecule has 6 aromatic rings. The van der Waals surface area contributed by atoms with E-state index in [9.17, 15) is 0 Å². The van der Waals surface area contributed by atoms with Crippen molar-refractivity contribution in [1.29, 1.82) is 0 Å². The number of nitrogens with zero attached hydrogens (tertiary/aromatic N) is 2. The Morgan fingerprint density at radius 1 is 0.432 bits per heavy atom. The van der Waals surface area contributed by atoms with Gasteiger partial charge in [-0.1, -0.05) is 121 Å². The molecule has 0 bridgehead atoms. The first kappa shape index (κ1) is 23.8. The van der Waals surface area contributed by atoms with Crippen LogP contribution in [0.2, 0.25) is 0 Å². The van der Waals surface area contributed by atoms with Crippen molar-refractivity contribution in [3.05, 3.63) is 133 Å². The lowest BCUT2D eigenvalue weighted by atomic mass is 10.3. The first-order valence-electron chi connectivity index (χ1n) is 11.8. The summed E-state index contributed by atoms with van der Waals surface area (Å²) in [6.45, 7) is 0. The minimum Gasteiger partial charge on any atom is -0.309 e. The van der Waals surface area contributed by atoms with Crippen molar-refractivity contribution >= 4 is 68.9 Å². The first-order valence-corrected chi connectivity index (χ1v) is 16.0. The second-order valence-corrected chi connectivity index (χ2v) is 14.6. The fraction of sp³-hybridized carbons (Fsp3) is 0. The van der Waals surface area contributed by atoms with Crippen LogP contribution < -0.4 is 31.8 Å². The molecule has 0 radical (unpaired) electrons. The van der Waals surface area contributed by atoms with Crippen LogP contribution in [0.4, 0.5) is 0 Å². The van der Waals surface area contributed by atoms with Crippen molar-refractivity contribution in [2.45, 2.75) is 0 Å². The molecule has 4 nitrogen and oxygen atoms in total. The topological polar surface area (TPSA) is 59.9 Å². The zero-order chi connectivity index (χ0) is 25.3. The SMILES string of the molecule is O=P(c1ccccc1)(c1ccccc1)c1cc2nsnc2cc1P(=O)(c1ccccc1)c1ccccc1. The molecule has 0 spiro atoms. The summed E-state index contributed by atoms with van der Waals surface area (Å²) in [6, 6.07) is 41.5. The van der Waals surface area contributed by atoms with Gasteiger partial charge >= 0.3 is 0 Å². The van der Waals surface area contributed by atoms with E-state index < -0.39 is 14.3 Å². The Labute approximate surface area is 219 Å². The molecule has 0 unspecified atom stereocenters. The quantitative estimate of drug-likeness (QED) is 0.282. The fourth-order valence-electron chi connectivity index (χ4n) is 4.72. The molecular weight excluding hydrogens is 514 g/mol. The van der Waals surface area contributed by atoms with Crippen molar-refractivity contribution in [2.75, 3.05) is 0 Å². The smallest absolute Gasteiger partial charge is 0.171 e. The Morgan fingerprint density at radius 3 is 0.973 bits per heavy atom. The normalized spacial score (nSPS) is 12.0. The first-order chi connectivity index (χ1) is 18.1. The summed E-state index contributed by atoms with van der Waals surface area (Å²) in [7, 11) is -6.93. The predicted octanol–water partition coefficient (Wildman–Crippen LogP) is 4.97. The lowest BCUT2D eigenvalue weighted by molar-refractivity contribution is 0.590. The lowest BCUT2D eigenvalue weighted by Gasteiger charge is -2.27. The van der Waals surface area contributed by atoms with Gasteiger partial charge in [0.1, 0.15) is 11.0 Å². The van der Waals surface area contributed by atoms with Crippen LogP contribution >= 0.6 is 26.0 Å². The number of rotatable bonds is 6. The van der Waals surface area contributed by atoms with E-state index in [1.165, 1.54) is 0 Å². The number of benzene rings is 5. The van der Waals surface area contributed by atoms with Gasteiger partial charge in [-0.2, -0.15) is 8.75 Å². The van der Waals surface area contributed by atoms with Crippen molar-refractivity contribution in [1.82, 2.24) is 8.75 Å². The van der Waals surface area contributed by atoms with Gasteiger partial charge in [-0.25, -0.2) is 0 Å². The lowest BCUT2D eigenvalue weighted by Crippen LogP contribution is -2.38. The van der Waals surface area contributed by atoms with Crippen molar-refractivity contribution in [3.63, 3.8) is 0 Å². The van der Waals surface area contributed by atoms with Crippen molar-refractivity contribution in [2.24, 2.45) is 0 Å². The van der Waals surface area contributed by atoms with E-state index in [1.807, 2.05) is 133 Å². The Morgan fingerprint density at radius 2 is 0.703 bits per heavy atom. The maximum atomic E-state index is 15.5. The summed E-state index contributed by atoms with van der Waals surface area (Å²) in [5.74, 6) is 0. The monoisotopic (exact) mass is 536 g/mol. The molecule has 0 aliphatic rings. The van der Waals surface area contributed by atoms with Gasteiger partial charge < -0.3 is 9.13 Å². The van der Waals surface area contributed by atoms with E-state index in [1.54, 1.807) is 0 Å². The Bertz CT molecular complexity index is 1560. The summed E-state index contributed by atoms with van der Waals surface area (Å²) in [5.41, 5.74) is 1.28. The second kappa shape index (κ2) is 9.68. The molecule has 0 aliphatic carbocycles. The molecule has 1 heterocycles. The van der Waals surface area contributed by atoms with Gasteiger partial charge in [0.15, 0.2) is 14.3 Å². The van der Waals surface area contributed by atoms with Crippen molar-refractivity contribution < 1.29 is 9.13 Å². The van der Waals surface area contributed by atoms with Crippen LogP contribution in [0.5, 0.6) is 0 Å². The summed E-state index contributed by atoms with van der Waals surface area (Å²) in [4.78, 5) is 0. The molecular formula is C30H22N2O2P2S. The molecule has 0 saturated heterocycles. The number of fused-ring (bicyclic) bond motifs is 1. The van der Waals surface area contributed by atoms with Crippen LogP contribution in [0.25, 0.3) is 11.0 Å². The maximum absolute atomic E-state index is 15.5. The van der Waals surface area contributed by atoms with Crippen LogP contribution in [0, 0.1) is 0 Å². The van der Waals surface area contributed by atoms with Gasteiger partial charge in [0.2, 0.25) is 0 Å². The highest BCUT2D eigenvalue weighted by Gasteiger charge is 2.40. The van der Waals surface area contributed by atoms with E-state index in [4.69, 9.17) is 0 Å². The van der Waals surface area contributed by atoms with Gasteiger partial charge in [0.05, 0.1) is 11.7 Å². The number of hydrogen-bond acceptors (Lipinski definition) is 5. The summed E-state index contributed by atoms with van der Waals surface area (Å²) in [6.07, 6.45) is 0. The third kappa shape index (κ3) is 4.01. The van der Waals surface area contributed by atoms with Crippen LogP contribution in [0.3, 0.4) is 0 Å². The van der Waals surface area contributed by atoms with Crippen LogP contribution in [-0.2, 0) is 9.13 Å². The maximum Gasteiger partial charge on any atom is 0.171 e. The third-order valence-corrected chi connectivity index (χ3v) is 13.4. The van der Waals surface area contributed by atoms with E-state index in [2.05, 4.69) is 8.75 Å². The second-order valence-electron chi connectivity index (χ2n) is 8.65. The average Bonchev–Trinajstić information content (AvgIpc) is 3.45. The molecule has 37 heavy (non-hydrogen) atoms. The highest BCUT2D eigenvalue weighted by molar-refractivity contribution is 7.90. The van der Waals surface area contributed by atoms with Gasteiger partial charge in [-0.05, 0) is 12.1 Å². The van der Waals surface area contributed by atoms with Crippen LogP contribution in [0.1, 0.15) is 0 Å². The van der Waals surface area contributed by atoms with Gasteiger partial charge in [0, 0.05) is 31.8 Å². The largest absolute Gasteiger partial charge is 0.309 e. The van der Waals surface area contributed by atoms with Gasteiger partial charge in [0.25, 0.3) is 0 Å². The molecule has 0 fully saturated rings. The van der Waals surface area contributed by atoms with Crippen molar-refractivity contribution in [3.8, 4) is 0 Å². The summed E-state index contributed by atoms with van der Waals surface area (Å²) < 4.78 is 40.0. The van der Waals surface area contributed by atoms with Gasteiger partial charge in [-0.15, -0.1) is 0 Å². The average molecular weight is 537 g/mol. The Hall–Kier alpha value is -3.62. The van der Waals surface area contributed by atoms with Crippen LogP contribution in [-0.4, -0.2) is 8.75 Å². The minimum absolute atomic E-state index is 0.529. The van der Waals surface area contributed by atoms with Gasteiger partial charge in [-0.3, -0.25) is 0 Å². The van der Waals surface area contributed by atoms with E-state index >= 15 is 9.13 Å². The highest BCUT2D eigenvalue weighted by Crippen LogP contribution is 2.49. The molecule has 0 aliphatic heterocycles. The zero-order valence-electron chi connectivity index (χ0n) is 19.7. The van der Waals surface area contributed by atoms with E-state index in [-0.39, 0.29) is 0 Å². The summed E-state index contributed by atoms with van der Waals surface area (Å²) >= 11 is 1.10. The molecule has 0 amide bonds. The molecule has 180 valence electrons. The molecule has 0 saturated carbocycles. The highest BCUT2D eigenvalue weighted by atomic mass is 32.1.